The van der Waals surface area contributed by atoms with Gasteiger partial charge in [-0.1, -0.05) is 6.07 Å². The number of amides is 1. The topological polar surface area (TPSA) is 253 Å². The number of esters is 2. The maximum Gasteiger partial charge on any atom is 0.407 e. The van der Waals surface area contributed by atoms with Crippen LogP contribution in [0.2, 0.25) is 0 Å². The zero-order chi connectivity index (χ0) is 54.4. The fraction of sp³-hybridized carbons (Fsp3) is 0.588. The summed E-state index contributed by atoms with van der Waals surface area (Å²) in [6.45, 7) is 7.74. The standard InChI is InChI=1S/C51H67N4O18PS2/c1-26-20-30-21-32-46(73-74(61,75)69-19-18-66-17-16-65-15-14-64-13-12-52-49(60)72-50(4,5)6)55-39(38(54(32)7)35(30)40(58)41(26)63-9)45-36-37(44-43(67-25-68-44)27(2)42(36)70-28(3)56)47(55)71-48(59)51(24-76-45)31-23-34(62-8)33(57)22-29(31)10-11-53-51/h20,22-23,32,38-39,45-47,53,57-58H,10-19,21,24-25H2,1-9H3,(H,52,60)(H,61,75)/t32-,38+,39?,45+,46-,47-,51+,74?/m0/s1. The molecule has 0 aliphatic carbocycles. The van der Waals surface area contributed by atoms with E-state index in [9.17, 15) is 24.7 Å². The number of aromatic hydroxyl groups is 2. The van der Waals surface area contributed by atoms with E-state index in [1.165, 1.54) is 32.9 Å². The summed E-state index contributed by atoms with van der Waals surface area (Å²) >= 11 is 7.23. The Morgan fingerprint density at radius 1 is 0.947 bits per heavy atom. The Morgan fingerprint density at radius 3 is 2.33 bits per heavy atom. The Balaban J connectivity index is 1.04. The van der Waals surface area contributed by atoms with Gasteiger partial charge in [-0.3, -0.25) is 19.5 Å². The van der Waals surface area contributed by atoms with Gasteiger partial charge in [-0.05, 0) is 101 Å². The fourth-order valence-corrected chi connectivity index (χ4v) is 14.3. The zero-order valence-electron chi connectivity index (χ0n) is 44.0. The van der Waals surface area contributed by atoms with Crippen molar-refractivity contribution in [3.8, 4) is 40.2 Å². The number of carbonyl (C=O) groups excluding carboxylic acids is 3. The van der Waals surface area contributed by atoms with Crippen molar-refractivity contribution in [3.05, 3.63) is 62.7 Å². The van der Waals surface area contributed by atoms with Crippen LogP contribution in [0.3, 0.4) is 0 Å². The van der Waals surface area contributed by atoms with Gasteiger partial charge in [0.15, 0.2) is 46.3 Å². The molecule has 2 fully saturated rings. The molecule has 76 heavy (non-hydrogen) atoms. The normalized spacial score (nSPS) is 25.2. The molecule has 5 N–H and O–H groups in total. The Kier molecular flexibility index (Phi) is 16.6. The summed E-state index contributed by atoms with van der Waals surface area (Å²) in [6.07, 6.45) is -2.34. The van der Waals surface area contributed by atoms with Crippen molar-refractivity contribution in [1.29, 1.82) is 0 Å². The molecule has 2 unspecified atom stereocenters. The first-order valence-corrected chi connectivity index (χ1v) is 28.7. The van der Waals surface area contributed by atoms with Crippen molar-refractivity contribution in [2.45, 2.75) is 101 Å². The number of carbonyl (C=O) groups is 3. The number of piperazine rings is 1. The number of alkyl carbamates (subject to hydrolysis) is 1. The lowest BCUT2D eigenvalue weighted by Crippen LogP contribution is -2.69. The first-order valence-electron chi connectivity index (χ1n) is 25.1. The molecule has 1 amide bonds. The number of aryl methyl sites for hydroxylation is 1. The van der Waals surface area contributed by atoms with E-state index >= 15 is 4.79 Å². The molecule has 3 aromatic rings. The Morgan fingerprint density at radius 2 is 1.64 bits per heavy atom. The van der Waals surface area contributed by atoms with Gasteiger partial charge in [-0.2, -0.15) is 0 Å². The Labute approximate surface area is 450 Å². The number of thioether (sulfide) groups is 1. The number of hydrogen-bond donors (Lipinski definition) is 5. The predicted molar refractivity (Wildman–Crippen MR) is 278 cm³/mol. The van der Waals surface area contributed by atoms with Crippen LogP contribution >= 0.6 is 18.5 Å². The van der Waals surface area contributed by atoms with E-state index in [-0.39, 0.29) is 87.3 Å². The number of ether oxygens (including phenoxy) is 10. The molecule has 2 saturated heterocycles. The van der Waals surface area contributed by atoms with Crippen LogP contribution in [0.5, 0.6) is 40.2 Å². The van der Waals surface area contributed by atoms with Crippen LogP contribution in [0.25, 0.3) is 0 Å². The molecule has 0 saturated carbocycles. The number of hydrogen-bond acceptors (Lipinski definition) is 22. The lowest BCUT2D eigenvalue weighted by molar-refractivity contribution is -0.223. The van der Waals surface area contributed by atoms with Crippen LogP contribution in [0, 0.1) is 13.8 Å². The Bertz CT molecular complexity index is 2780. The van der Waals surface area contributed by atoms with Crippen LogP contribution in [-0.2, 0) is 72.5 Å². The molecule has 22 nitrogen and oxygen atoms in total. The van der Waals surface area contributed by atoms with Crippen LogP contribution < -0.4 is 34.3 Å². The molecule has 7 aliphatic rings. The van der Waals surface area contributed by atoms with Gasteiger partial charge >= 0.3 is 24.8 Å². The third-order valence-corrected chi connectivity index (χ3v) is 17.3. The zero-order valence-corrected chi connectivity index (χ0v) is 46.5. The quantitative estimate of drug-likeness (QED) is 0.0475. The second-order valence-corrected chi connectivity index (χ2v) is 24.1. The molecule has 10 rings (SSSR count). The minimum absolute atomic E-state index is 0.0296. The van der Waals surface area contributed by atoms with E-state index in [2.05, 4.69) is 15.5 Å². The van der Waals surface area contributed by atoms with Crippen molar-refractivity contribution in [2.24, 2.45) is 0 Å². The molecular weight excluding hydrogens is 1050 g/mol. The van der Waals surface area contributed by atoms with Crippen LogP contribution in [-0.4, -0.2) is 160 Å². The van der Waals surface area contributed by atoms with Crippen molar-refractivity contribution in [2.75, 3.05) is 93.2 Å². The lowest BCUT2D eigenvalue weighted by atomic mass is 9.74. The third kappa shape index (κ3) is 10.8. The predicted octanol–water partition coefficient (Wildman–Crippen LogP) is 5.20. The third-order valence-electron chi connectivity index (χ3n) is 14.3. The monoisotopic (exact) mass is 1120 g/mol. The van der Waals surface area contributed by atoms with Gasteiger partial charge < -0.3 is 72.3 Å². The summed E-state index contributed by atoms with van der Waals surface area (Å²) in [6, 6.07) is 3.10. The first kappa shape index (κ1) is 56.0. The number of phenolic OH excluding ortho intramolecular Hbond substituents is 2. The second kappa shape index (κ2) is 22.6. The van der Waals surface area contributed by atoms with Gasteiger partial charge in [0.1, 0.15) is 17.6 Å². The number of benzene rings is 3. The summed E-state index contributed by atoms with van der Waals surface area (Å²) in [5.41, 5.74) is 2.56. The number of likely N-dealkylation sites (N-methyl/N-ethyl adjacent to an activating group) is 1. The van der Waals surface area contributed by atoms with Crippen LogP contribution in [0.4, 0.5) is 4.79 Å². The minimum Gasteiger partial charge on any atom is -0.504 e. The number of rotatable bonds is 18. The highest BCUT2D eigenvalue weighted by atomic mass is 32.5. The van der Waals surface area contributed by atoms with E-state index in [1.807, 2.05) is 24.9 Å². The van der Waals surface area contributed by atoms with Gasteiger partial charge in [0.25, 0.3) is 0 Å². The number of nitrogens with one attached hydrogen (secondary N) is 2. The molecule has 0 aromatic heterocycles. The summed E-state index contributed by atoms with van der Waals surface area (Å²) in [5, 5.41) is 28.7. The summed E-state index contributed by atoms with van der Waals surface area (Å²) in [5.74, 6) is -0.140. The smallest absolute Gasteiger partial charge is 0.407 e. The van der Waals surface area contributed by atoms with E-state index in [0.717, 1.165) is 5.56 Å². The number of methoxy groups -OCH3 is 2. The first-order chi connectivity index (χ1) is 36.2. The summed E-state index contributed by atoms with van der Waals surface area (Å²) < 4.78 is 71.8. The fourth-order valence-electron chi connectivity index (χ4n) is 11.2. The van der Waals surface area contributed by atoms with Gasteiger partial charge in [-0.25, -0.2) is 14.5 Å². The van der Waals surface area contributed by atoms with Crippen LogP contribution in [0.1, 0.15) is 89.7 Å². The molecule has 7 heterocycles. The van der Waals surface area contributed by atoms with Crippen molar-refractivity contribution in [1.82, 2.24) is 20.4 Å². The highest BCUT2D eigenvalue weighted by molar-refractivity contribution is 8.07. The van der Waals surface area contributed by atoms with Crippen molar-refractivity contribution < 1.29 is 85.9 Å². The molecule has 8 atom stereocenters. The van der Waals surface area contributed by atoms with E-state index in [4.69, 9.17) is 68.2 Å². The molecule has 4 bridgehead atoms. The molecule has 7 aliphatic heterocycles. The summed E-state index contributed by atoms with van der Waals surface area (Å²) in [7, 11) is 4.83. The van der Waals surface area contributed by atoms with Crippen LogP contribution in [0.15, 0.2) is 18.2 Å². The minimum atomic E-state index is -4.20. The average Bonchev–Trinajstić information content (AvgIpc) is 3.93. The highest BCUT2D eigenvalue weighted by Gasteiger charge is 2.64. The van der Waals surface area contributed by atoms with Gasteiger partial charge in [0.05, 0.1) is 89.4 Å². The maximum atomic E-state index is 15.7. The maximum absolute atomic E-state index is 15.7. The van der Waals surface area contributed by atoms with Crippen molar-refractivity contribution in [3.63, 3.8) is 0 Å². The molecule has 1 spiro atoms. The molecule has 0 radical (unpaired) electrons. The average molecular weight is 1120 g/mol. The van der Waals surface area contributed by atoms with Gasteiger partial charge in [-0.15, -0.1) is 11.8 Å². The van der Waals surface area contributed by atoms with Crippen molar-refractivity contribution >= 4 is 48.3 Å². The van der Waals surface area contributed by atoms with E-state index in [1.54, 1.807) is 39.8 Å². The molecular formula is C51H67N4O18PS2. The highest BCUT2D eigenvalue weighted by Crippen LogP contribution is 2.66. The van der Waals surface area contributed by atoms with E-state index < -0.39 is 71.7 Å². The summed E-state index contributed by atoms with van der Waals surface area (Å²) in [4.78, 5) is 56.8. The molecule has 416 valence electrons. The lowest BCUT2D eigenvalue weighted by Gasteiger charge is -2.61. The number of nitrogens with zero attached hydrogens (tertiary/aromatic N) is 2. The number of phenols is 2. The van der Waals surface area contributed by atoms with E-state index in [0.29, 0.717) is 76.6 Å². The second-order valence-electron chi connectivity index (χ2n) is 20.2. The molecule has 3 aromatic carbocycles. The number of fused-ring (bicyclic) bond motifs is 8. The Hall–Kier alpha value is -4.69. The largest absolute Gasteiger partial charge is 0.504 e. The SMILES string of the molecule is COc1cc2c(cc1O)CCN[C@]21CS[C@@H]2c3c(OC(C)=O)c(C)c4c(c3[C@H](OC1=O)N1C2[C@H]2c3c(cc(C)c(OC)c3O)C[C@@H]([C@@H]1OP(O)(=S)OCCOCCOCCOCCNC(=O)OC(C)(C)C)N2C)OCO4. The van der Waals surface area contributed by atoms with Gasteiger partial charge in [0.2, 0.25) is 6.79 Å². The molecule has 25 heteroatoms. The van der Waals surface area contributed by atoms with Gasteiger partial charge in [0, 0.05) is 42.5 Å².